The number of carbonyl (C=O) groups excluding carboxylic acids is 1. The lowest BCUT2D eigenvalue weighted by Crippen LogP contribution is -2.52. The molecule has 0 bridgehead atoms. The van der Waals surface area contributed by atoms with Crippen LogP contribution < -0.4 is 0 Å². The molecule has 0 aliphatic carbocycles. The molecule has 2 unspecified atom stereocenters. The van der Waals surface area contributed by atoms with Crippen molar-refractivity contribution in [1.29, 1.82) is 0 Å². The maximum Gasteiger partial charge on any atom is 0.327 e. The summed E-state index contributed by atoms with van der Waals surface area (Å²) in [7, 11) is 2.06. The quantitative estimate of drug-likeness (QED) is 0.852. The molecule has 2 aliphatic heterocycles. The molecule has 2 atom stereocenters. The summed E-state index contributed by atoms with van der Waals surface area (Å²) in [5, 5.41) is 9.38. The van der Waals surface area contributed by atoms with Crippen molar-refractivity contribution in [2.24, 2.45) is 0 Å². The summed E-state index contributed by atoms with van der Waals surface area (Å²) >= 11 is 1.60. The highest BCUT2D eigenvalue weighted by Gasteiger charge is 2.42. The Kier molecular flexibility index (Phi) is 5.75. The van der Waals surface area contributed by atoms with Crippen LogP contribution in [0.4, 0.5) is 4.79 Å². The number of aliphatic carboxylic acids is 1. The standard InChI is InChI=1S/C14H25N3O3S/c1-3-5-12-17(11(10-21-12)13(18)19)14(20)16-7-4-6-15(2)8-9-16/h11-12H,3-10H2,1-2H3,(H,18,19). The van der Waals surface area contributed by atoms with Crippen LogP contribution in [-0.2, 0) is 4.79 Å². The maximum absolute atomic E-state index is 12.8. The monoisotopic (exact) mass is 315 g/mol. The summed E-state index contributed by atoms with van der Waals surface area (Å²) in [6, 6.07) is -0.777. The van der Waals surface area contributed by atoms with Gasteiger partial charge in [0.15, 0.2) is 0 Å². The third kappa shape index (κ3) is 3.83. The van der Waals surface area contributed by atoms with E-state index in [0.29, 0.717) is 12.3 Å². The molecule has 2 amide bonds. The molecule has 0 spiro atoms. The highest BCUT2D eigenvalue weighted by molar-refractivity contribution is 8.00. The molecule has 6 nitrogen and oxygen atoms in total. The van der Waals surface area contributed by atoms with Gasteiger partial charge in [-0.15, -0.1) is 11.8 Å². The first-order chi connectivity index (χ1) is 10.0. The molecule has 1 N–H and O–H groups in total. The summed E-state index contributed by atoms with van der Waals surface area (Å²) in [5.41, 5.74) is 0. The van der Waals surface area contributed by atoms with Gasteiger partial charge < -0.3 is 14.9 Å². The van der Waals surface area contributed by atoms with Crippen molar-refractivity contribution in [2.45, 2.75) is 37.6 Å². The van der Waals surface area contributed by atoms with Gasteiger partial charge in [-0.2, -0.15) is 0 Å². The van der Waals surface area contributed by atoms with Crippen LogP contribution in [0.5, 0.6) is 0 Å². The minimum Gasteiger partial charge on any atom is -0.480 e. The van der Waals surface area contributed by atoms with Gasteiger partial charge in [0.05, 0.1) is 5.37 Å². The van der Waals surface area contributed by atoms with Gasteiger partial charge in [0, 0.05) is 25.4 Å². The van der Waals surface area contributed by atoms with E-state index in [4.69, 9.17) is 0 Å². The van der Waals surface area contributed by atoms with Crippen LogP contribution in [0.2, 0.25) is 0 Å². The number of urea groups is 1. The van der Waals surface area contributed by atoms with E-state index < -0.39 is 12.0 Å². The van der Waals surface area contributed by atoms with E-state index in [2.05, 4.69) is 18.9 Å². The Labute approximate surface area is 130 Å². The average molecular weight is 315 g/mol. The van der Waals surface area contributed by atoms with Gasteiger partial charge in [-0.05, 0) is 26.4 Å². The molecule has 0 aromatic rings. The first kappa shape index (κ1) is 16.4. The molecular weight excluding hydrogens is 290 g/mol. The Bertz CT molecular complexity index is 394. The van der Waals surface area contributed by atoms with Crippen LogP contribution in [0.15, 0.2) is 0 Å². The van der Waals surface area contributed by atoms with Gasteiger partial charge >= 0.3 is 12.0 Å². The molecule has 7 heteroatoms. The van der Waals surface area contributed by atoms with Crippen LogP contribution in [0, 0.1) is 0 Å². The summed E-state index contributed by atoms with van der Waals surface area (Å²) < 4.78 is 0. The summed E-state index contributed by atoms with van der Waals surface area (Å²) in [6.07, 6.45) is 2.75. The van der Waals surface area contributed by atoms with Crippen molar-refractivity contribution in [3.8, 4) is 0 Å². The number of carboxylic acids is 1. The molecule has 2 saturated heterocycles. The first-order valence-corrected chi connectivity index (χ1v) is 8.69. The van der Waals surface area contributed by atoms with Gasteiger partial charge in [-0.25, -0.2) is 9.59 Å². The van der Waals surface area contributed by atoms with E-state index in [1.54, 1.807) is 16.7 Å². The fraction of sp³-hybridized carbons (Fsp3) is 0.857. The molecule has 21 heavy (non-hydrogen) atoms. The molecule has 2 heterocycles. The van der Waals surface area contributed by atoms with Crippen LogP contribution in [-0.4, -0.2) is 82.2 Å². The largest absolute Gasteiger partial charge is 0.480 e. The maximum atomic E-state index is 12.8. The predicted octanol–water partition coefficient (Wildman–Crippen LogP) is 1.37. The van der Waals surface area contributed by atoms with Gasteiger partial charge in [-0.3, -0.25) is 4.90 Å². The number of rotatable bonds is 3. The Morgan fingerprint density at radius 2 is 2.00 bits per heavy atom. The second kappa shape index (κ2) is 7.35. The number of carboxylic acid groups (broad SMARTS) is 1. The molecular formula is C14H25N3O3S. The molecule has 2 rings (SSSR count). The number of hydrogen-bond acceptors (Lipinski definition) is 4. The van der Waals surface area contributed by atoms with Crippen molar-refractivity contribution in [3.05, 3.63) is 0 Å². The zero-order valence-corrected chi connectivity index (χ0v) is 13.6. The molecule has 2 fully saturated rings. The second-order valence-corrected chi connectivity index (χ2v) is 6.98. The molecule has 2 aliphatic rings. The van der Waals surface area contributed by atoms with Crippen LogP contribution in [0.3, 0.4) is 0 Å². The molecule has 0 radical (unpaired) electrons. The molecule has 120 valence electrons. The van der Waals surface area contributed by atoms with Crippen molar-refractivity contribution >= 4 is 23.8 Å². The van der Waals surface area contributed by atoms with E-state index in [1.807, 2.05) is 4.90 Å². The normalized spacial score (nSPS) is 27.7. The summed E-state index contributed by atoms with van der Waals surface area (Å²) in [4.78, 5) is 29.9. The highest BCUT2D eigenvalue weighted by Crippen LogP contribution is 2.33. The van der Waals surface area contributed by atoms with Crippen molar-refractivity contribution in [1.82, 2.24) is 14.7 Å². The topological polar surface area (TPSA) is 64.1 Å². The Balaban J connectivity index is 2.10. The third-order valence-electron chi connectivity index (χ3n) is 4.12. The minimum absolute atomic E-state index is 0.00424. The first-order valence-electron chi connectivity index (χ1n) is 7.64. The molecule has 0 aromatic carbocycles. The number of amides is 2. The number of nitrogens with zero attached hydrogens (tertiary/aromatic N) is 3. The fourth-order valence-electron chi connectivity index (χ4n) is 2.88. The Morgan fingerprint density at radius 3 is 2.67 bits per heavy atom. The lowest BCUT2D eigenvalue weighted by molar-refractivity contribution is -0.141. The Morgan fingerprint density at radius 1 is 1.24 bits per heavy atom. The van der Waals surface area contributed by atoms with Gasteiger partial charge in [-0.1, -0.05) is 13.3 Å². The summed E-state index contributed by atoms with van der Waals surface area (Å²) in [6.45, 7) is 5.30. The summed E-state index contributed by atoms with van der Waals surface area (Å²) in [5.74, 6) is -0.388. The number of likely N-dealkylation sites (N-methyl/N-ethyl adjacent to an activating group) is 1. The zero-order valence-electron chi connectivity index (χ0n) is 12.8. The number of thioether (sulfide) groups is 1. The minimum atomic E-state index is -0.888. The predicted molar refractivity (Wildman–Crippen MR) is 83.5 cm³/mol. The highest BCUT2D eigenvalue weighted by atomic mass is 32.2. The van der Waals surface area contributed by atoms with Crippen LogP contribution in [0.25, 0.3) is 0 Å². The fourth-order valence-corrected chi connectivity index (χ4v) is 4.39. The zero-order chi connectivity index (χ0) is 15.4. The van der Waals surface area contributed by atoms with Gasteiger partial charge in [0.1, 0.15) is 6.04 Å². The number of carbonyl (C=O) groups is 2. The Hall–Kier alpha value is -0.950. The second-order valence-electron chi connectivity index (χ2n) is 5.76. The smallest absolute Gasteiger partial charge is 0.327 e. The van der Waals surface area contributed by atoms with Gasteiger partial charge in [0.25, 0.3) is 0 Å². The lowest BCUT2D eigenvalue weighted by atomic mass is 10.2. The van der Waals surface area contributed by atoms with Crippen LogP contribution >= 0.6 is 11.8 Å². The average Bonchev–Trinajstić information content (AvgIpc) is 2.74. The van der Waals surface area contributed by atoms with E-state index in [0.717, 1.165) is 38.9 Å². The lowest BCUT2D eigenvalue weighted by Gasteiger charge is -2.33. The van der Waals surface area contributed by atoms with Crippen molar-refractivity contribution < 1.29 is 14.7 Å². The van der Waals surface area contributed by atoms with E-state index in [1.165, 1.54) is 0 Å². The van der Waals surface area contributed by atoms with E-state index in [-0.39, 0.29) is 11.4 Å². The molecule has 0 aromatic heterocycles. The third-order valence-corrected chi connectivity index (χ3v) is 5.48. The van der Waals surface area contributed by atoms with Gasteiger partial charge in [0.2, 0.25) is 0 Å². The van der Waals surface area contributed by atoms with Crippen molar-refractivity contribution in [3.63, 3.8) is 0 Å². The SMILES string of the molecule is CCCC1SCC(C(=O)O)N1C(=O)N1CCCN(C)CC1. The number of hydrogen-bond donors (Lipinski definition) is 1. The van der Waals surface area contributed by atoms with E-state index in [9.17, 15) is 14.7 Å². The van der Waals surface area contributed by atoms with Crippen molar-refractivity contribution in [2.75, 3.05) is 39.0 Å². The van der Waals surface area contributed by atoms with Crippen LogP contribution in [0.1, 0.15) is 26.2 Å². The van der Waals surface area contributed by atoms with E-state index >= 15 is 0 Å². The molecule has 0 saturated carbocycles.